The first-order chi connectivity index (χ1) is 5.20. The van der Waals surface area contributed by atoms with E-state index in [9.17, 15) is 9.59 Å². The first kappa shape index (κ1) is 10.0. The fourth-order valence-electron chi connectivity index (χ4n) is 0.686. The maximum atomic E-state index is 10.8. The third-order valence-electron chi connectivity index (χ3n) is 1.14. The van der Waals surface area contributed by atoms with Crippen LogP contribution in [0.4, 0.5) is 9.59 Å². The first-order valence-electron chi connectivity index (χ1n) is 3.46. The molecule has 0 amide bonds. The van der Waals surface area contributed by atoms with Crippen molar-refractivity contribution in [2.75, 3.05) is 0 Å². The van der Waals surface area contributed by atoms with Gasteiger partial charge in [-0.3, -0.25) is 0 Å². The summed E-state index contributed by atoms with van der Waals surface area (Å²) in [7, 11) is 0.573. The molecule has 0 radical (unpaired) electrons. The predicted octanol–water partition coefficient (Wildman–Crippen LogP) is -0.177. The van der Waals surface area contributed by atoms with Crippen molar-refractivity contribution in [3.8, 4) is 0 Å². The highest BCUT2D eigenvalue weighted by atomic mass is 16.1. The smallest absolute Gasteiger partial charge is 0.260 e. The van der Waals surface area contributed by atoms with E-state index in [-0.39, 0.29) is 33.0 Å². The van der Waals surface area contributed by atoms with Crippen molar-refractivity contribution >= 4 is 33.0 Å². The van der Waals surface area contributed by atoms with Gasteiger partial charge in [0.1, 0.15) is 0 Å². The summed E-state index contributed by atoms with van der Waals surface area (Å²) >= 11 is 0. The molecule has 0 fully saturated rings. The number of rotatable bonds is 6. The number of hydrogen-bond donors (Lipinski definition) is 0. The molecule has 0 aromatic carbocycles. The minimum Gasteiger partial charge on any atom is -0.322 e. The molecule has 0 bridgehead atoms. The van der Waals surface area contributed by atoms with Gasteiger partial charge in [0.15, 0.2) is 0 Å². The summed E-state index contributed by atoms with van der Waals surface area (Å²) in [6.45, 7) is 6.80. The molecule has 0 N–H and O–H groups in total. The van der Waals surface area contributed by atoms with Gasteiger partial charge in [-0.05, 0) is 0 Å². The van der Waals surface area contributed by atoms with Crippen LogP contribution in [0.1, 0.15) is 0 Å². The van der Waals surface area contributed by atoms with Crippen LogP contribution >= 0.6 is 0 Å². The average Bonchev–Trinajstić information content (AvgIpc) is 1.87. The van der Waals surface area contributed by atoms with Crippen molar-refractivity contribution in [3.63, 3.8) is 0 Å². The lowest BCUT2D eigenvalue weighted by Gasteiger charge is -1.89. The van der Waals surface area contributed by atoms with Gasteiger partial charge < -0.3 is 9.59 Å². The molecule has 0 rings (SSSR count). The van der Waals surface area contributed by atoms with Crippen molar-refractivity contribution in [1.82, 2.24) is 0 Å². The SMILES string of the molecule is C=CBC(=O)BC(=O)BC=C. The van der Waals surface area contributed by atoms with Crippen LogP contribution in [0, 0.1) is 0 Å². The van der Waals surface area contributed by atoms with Crippen molar-refractivity contribution in [1.29, 1.82) is 0 Å². The van der Waals surface area contributed by atoms with Crippen LogP contribution in [0.2, 0.25) is 0 Å². The fourth-order valence-corrected chi connectivity index (χ4v) is 0.686. The minimum atomic E-state index is -0.0770. The van der Waals surface area contributed by atoms with Crippen LogP contribution in [-0.2, 0) is 0 Å². The van der Waals surface area contributed by atoms with E-state index >= 15 is 0 Å². The molecule has 0 unspecified atom stereocenters. The molecule has 0 aliphatic heterocycles. The summed E-state index contributed by atoms with van der Waals surface area (Å²) in [5.74, 6) is 3.01. The van der Waals surface area contributed by atoms with Crippen LogP contribution in [0.5, 0.6) is 0 Å². The van der Waals surface area contributed by atoms with E-state index in [1.165, 1.54) is 12.0 Å². The van der Waals surface area contributed by atoms with Gasteiger partial charge in [-0.1, -0.05) is 0 Å². The molecule has 0 heterocycles. The van der Waals surface area contributed by atoms with E-state index in [1.54, 1.807) is 0 Å². The Labute approximate surface area is 68.5 Å². The average molecular weight is 146 g/mol. The van der Waals surface area contributed by atoms with Crippen LogP contribution in [0.25, 0.3) is 0 Å². The summed E-state index contributed by atoms with van der Waals surface area (Å²) in [5, 5.41) is 0. The fraction of sp³-hybridized carbons (Fsp3) is 0. The zero-order valence-corrected chi connectivity index (χ0v) is 6.51. The summed E-state index contributed by atoms with van der Waals surface area (Å²) in [5.41, 5.74) is -0.154. The largest absolute Gasteiger partial charge is 0.322 e. The molecule has 2 nitrogen and oxygen atoms in total. The van der Waals surface area contributed by atoms with E-state index in [1.807, 2.05) is 0 Å². The second-order valence-corrected chi connectivity index (χ2v) is 2.24. The normalized spacial score (nSPS) is 7.64. The number of carbonyl (C=O) groups excluding carboxylic acids is 2. The van der Waals surface area contributed by atoms with Gasteiger partial charge in [0.2, 0.25) is 14.6 Å². The topological polar surface area (TPSA) is 34.1 Å². The van der Waals surface area contributed by atoms with Gasteiger partial charge in [0.25, 0.3) is 7.28 Å². The van der Waals surface area contributed by atoms with Crippen LogP contribution in [-0.4, -0.2) is 33.0 Å². The van der Waals surface area contributed by atoms with Gasteiger partial charge in [0, 0.05) is 0 Å². The monoisotopic (exact) mass is 146 g/mol. The molecule has 0 spiro atoms. The van der Waals surface area contributed by atoms with E-state index in [0.717, 1.165) is 0 Å². The van der Waals surface area contributed by atoms with Gasteiger partial charge >= 0.3 is 0 Å². The van der Waals surface area contributed by atoms with E-state index in [0.29, 0.717) is 0 Å². The quantitative estimate of drug-likeness (QED) is 0.486. The molecule has 5 heteroatoms. The standard InChI is InChI=1S/C6H9B3O2/c1-3-7-5(10)9-6(11)8-4-2/h3-4,7-9H,1-2H2. The Morgan fingerprint density at radius 1 is 1.00 bits per heavy atom. The zero-order valence-electron chi connectivity index (χ0n) is 6.51. The Kier molecular flexibility index (Phi) is 5.26. The van der Waals surface area contributed by atoms with Crippen molar-refractivity contribution in [2.24, 2.45) is 0 Å². The van der Waals surface area contributed by atoms with Gasteiger partial charge in [-0.25, -0.2) is 0 Å². The molecule has 0 aromatic rings. The molecule has 0 aromatic heterocycles. The maximum absolute atomic E-state index is 10.8. The van der Waals surface area contributed by atoms with Gasteiger partial charge in [-0.2, -0.15) is 0 Å². The predicted molar refractivity (Wildman–Crippen MR) is 52.6 cm³/mol. The van der Waals surface area contributed by atoms with Crippen molar-refractivity contribution < 1.29 is 9.59 Å². The lowest BCUT2D eigenvalue weighted by atomic mass is 9.44. The molecule has 0 atom stereocenters. The maximum Gasteiger partial charge on any atom is 0.260 e. The lowest BCUT2D eigenvalue weighted by Crippen LogP contribution is -2.24. The van der Waals surface area contributed by atoms with Crippen molar-refractivity contribution in [3.05, 3.63) is 25.1 Å². The van der Waals surface area contributed by atoms with Crippen LogP contribution < -0.4 is 0 Å². The molecule has 0 saturated heterocycles. The molecule has 11 heavy (non-hydrogen) atoms. The second-order valence-electron chi connectivity index (χ2n) is 2.24. The minimum absolute atomic E-state index is 0.0119. The van der Waals surface area contributed by atoms with Crippen LogP contribution in [0.15, 0.2) is 25.1 Å². The molecule has 54 valence electrons. The highest BCUT2D eigenvalue weighted by Gasteiger charge is 2.10. The third-order valence-corrected chi connectivity index (χ3v) is 1.14. The number of carbonyl (C=O) groups is 2. The van der Waals surface area contributed by atoms with E-state index < -0.39 is 0 Å². The Morgan fingerprint density at radius 3 is 1.64 bits per heavy atom. The lowest BCUT2D eigenvalue weighted by molar-refractivity contribution is 0.270. The molecule has 0 saturated carbocycles. The van der Waals surface area contributed by atoms with Crippen molar-refractivity contribution in [2.45, 2.75) is 0 Å². The number of hydrogen-bond acceptors (Lipinski definition) is 2. The zero-order chi connectivity index (χ0) is 8.69. The molecule has 0 aliphatic carbocycles. The van der Waals surface area contributed by atoms with Gasteiger partial charge in [-0.15, -0.1) is 25.1 Å². The van der Waals surface area contributed by atoms with E-state index in [2.05, 4.69) is 13.2 Å². The summed E-state index contributed by atoms with van der Waals surface area (Å²) in [6.07, 6.45) is 0. The Bertz CT molecular complexity index is 168. The third kappa shape index (κ3) is 5.46. The van der Waals surface area contributed by atoms with E-state index in [4.69, 9.17) is 0 Å². The highest BCUT2D eigenvalue weighted by molar-refractivity contribution is 7.25. The first-order valence-corrected chi connectivity index (χ1v) is 3.46. The highest BCUT2D eigenvalue weighted by Crippen LogP contribution is 1.77. The van der Waals surface area contributed by atoms with Crippen LogP contribution in [0.3, 0.4) is 0 Å². The molecule has 0 aliphatic rings. The molecular weight excluding hydrogens is 136 g/mol. The summed E-state index contributed by atoms with van der Waals surface area (Å²) < 4.78 is 0. The Morgan fingerprint density at radius 2 is 1.36 bits per heavy atom. The second kappa shape index (κ2) is 5.77. The Balaban J connectivity index is 3.65. The summed E-state index contributed by atoms with van der Waals surface area (Å²) in [6, 6.07) is 0. The summed E-state index contributed by atoms with van der Waals surface area (Å²) in [4.78, 5) is 21.6. The van der Waals surface area contributed by atoms with Gasteiger partial charge in [0.05, 0.1) is 11.2 Å². The Hall–Kier alpha value is -0.985. The molecular formula is C6H9B3O2.